The first kappa shape index (κ1) is 26.7. The van der Waals surface area contributed by atoms with Crippen LogP contribution in [0.5, 0.6) is 0 Å². The van der Waals surface area contributed by atoms with Crippen LogP contribution in [0.3, 0.4) is 0 Å². The van der Waals surface area contributed by atoms with E-state index in [1.807, 2.05) is 0 Å². The fraction of sp³-hybridized carbons (Fsp3) is 0.185. The quantitative estimate of drug-likeness (QED) is 0.269. The number of methoxy groups -OCH3 is 1. The monoisotopic (exact) mass is 505 g/mol. The molecule has 4 N–H and O–H groups in total. The van der Waals surface area contributed by atoms with Gasteiger partial charge in [-0.1, -0.05) is 12.1 Å². The van der Waals surface area contributed by atoms with Gasteiger partial charge < -0.3 is 30.6 Å². The Morgan fingerprint density at radius 1 is 0.703 bits per heavy atom. The molecule has 3 aromatic rings. The molecule has 0 aliphatic heterocycles. The molecule has 1 amide bonds. The normalized spacial score (nSPS) is 10.2. The van der Waals surface area contributed by atoms with E-state index in [4.69, 9.17) is 19.9 Å². The van der Waals surface area contributed by atoms with Gasteiger partial charge in [-0.05, 0) is 62.4 Å². The van der Waals surface area contributed by atoms with E-state index in [-0.39, 0.29) is 24.3 Å². The van der Waals surface area contributed by atoms with E-state index < -0.39 is 23.8 Å². The van der Waals surface area contributed by atoms with Crippen molar-refractivity contribution in [2.45, 2.75) is 13.8 Å². The Labute approximate surface area is 213 Å². The third-order valence-electron chi connectivity index (χ3n) is 5.13. The zero-order valence-corrected chi connectivity index (χ0v) is 20.6. The highest BCUT2D eigenvalue weighted by Crippen LogP contribution is 2.33. The number of carbonyl (C=O) groups is 4. The second kappa shape index (κ2) is 12.2. The van der Waals surface area contributed by atoms with Gasteiger partial charge in [0.1, 0.15) is 0 Å². The molecule has 192 valence electrons. The van der Waals surface area contributed by atoms with Crippen LogP contribution in [0.2, 0.25) is 0 Å². The molecule has 0 atom stereocenters. The maximum absolute atomic E-state index is 12.4. The van der Waals surface area contributed by atoms with Crippen molar-refractivity contribution in [3.8, 4) is 0 Å². The van der Waals surface area contributed by atoms with Gasteiger partial charge in [-0.15, -0.1) is 0 Å². The van der Waals surface area contributed by atoms with Gasteiger partial charge in [-0.3, -0.25) is 4.79 Å². The highest BCUT2D eigenvalue weighted by molar-refractivity contribution is 6.07. The van der Waals surface area contributed by atoms with Crippen molar-refractivity contribution >= 4 is 46.6 Å². The molecule has 0 aliphatic rings. The van der Waals surface area contributed by atoms with Gasteiger partial charge >= 0.3 is 17.9 Å². The van der Waals surface area contributed by atoms with E-state index in [1.165, 1.54) is 19.2 Å². The summed E-state index contributed by atoms with van der Waals surface area (Å²) in [6.07, 6.45) is 0. The second-order valence-corrected chi connectivity index (χ2v) is 7.65. The SMILES string of the molecule is CCOC(=O)c1cccc(Nc2cc(C(N)=O)c(C(=O)OC)cc2Nc2cccc(C(=O)OCC)c2)c1. The van der Waals surface area contributed by atoms with Gasteiger partial charge in [0.15, 0.2) is 0 Å². The number of amides is 1. The average Bonchev–Trinajstić information content (AvgIpc) is 2.89. The Morgan fingerprint density at radius 2 is 1.16 bits per heavy atom. The molecular weight excluding hydrogens is 478 g/mol. The Hall–Kier alpha value is -4.86. The van der Waals surface area contributed by atoms with Crippen LogP contribution < -0.4 is 16.4 Å². The van der Waals surface area contributed by atoms with Gasteiger partial charge in [0.25, 0.3) is 0 Å². The van der Waals surface area contributed by atoms with E-state index >= 15 is 0 Å². The first-order valence-corrected chi connectivity index (χ1v) is 11.4. The maximum atomic E-state index is 12.4. The number of primary amides is 1. The van der Waals surface area contributed by atoms with Crippen LogP contribution in [0, 0.1) is 0 Å². The lowest BCUT2D eigenvalue weighted by Crippen LogP contribution is -2.18. The van der Waals surface area contributed by atoms with Crippen LogP contribution in [-0.2, 0) is 14.2 Å². The van der Waals surface area contributed by atoms with Crippen molar-refractivity contribution in [2.24, 2.45) is 5.73 Å². The molecule has 0 heterocycles. The molecule has 10 nitrogen and oxygen atoms in total. The van der Waals surface area contributed by atoms with Gasteiger partial charge in [0, 0.05) is 11.4 Å². The standard InChI is InChI=1S/C27H27N3O7/c1-4-36-25(32)16-8-6-10-18(12-16)29-22-14-20(24(28)31)21(27(34)35-3)15-23(22)30-19-11-7-9-17(13-19)26(33)37-5-2/h6-15,29-30H,4-5H2,1-3H3,(H2,28,31). The molecule has 37 heavy (non-hydrogen) atoms. The molecule has 10 heteroatoms. The third kappa shape index (κ3) is 6.63. The van der Waals surface area contributed by atoms with Crippen LogP contribution in [0.15, 0.2) is 60.7 Å². The van der Waals surface area contributed by atoms with Crippen molar-refractivity contribution in [1.82, 2.24) is 0 Å². The van der Waals surface area contributed by atoms with Crippen LogP contribution in [-0.4, -0.2) is 44.1 Å². The first-order valence-electron chi connectivity index (χ1n) is 11.4. The highest BCUT2D eigenvalue weighted by atomic mass is 16.5. The van der Waals surface area contributed by atoms with Crippen LogP contribution in [0.25, 0.3) is 0 Å². The number of carbonyl (C=O) groups excluding carboxylic acids is 4. The summed E-state index contributed by atoms with van der Waals surface area (Å²) in [4.78, 5) is 48.9. The number of esters is 3. The van der Waals surface area contributed by atoms with Crippen LogP contribution in [0.4, 0.5) is 22.7 Å². The molecule has 0 saturated carbocycles. The zero-order valence-electron chi connectivity index (χ0n) is 20.6. The first-order chi connectivity index (χ1) is 17.8. The minimum absolute atomic E-state index is 0.0510. The number of nitrogens with two attached hydrogens (primary N) is 1. The van der Waals surface area contributed by atoms with Gasteiger partial charge in [0.05, 0.1) is 54.0 Å². The van der Waals surface area contributed by atoms with E-state index in [1.54, 1.807) is 62.4 Å². The van der Waals surface area contributed by atoms with Crippen LogP contribution in [0.1, 0.15) is 55.3 Å². The average molecular weight is 506 g/mol. The van der Waals surface area contributed by atoms with Gasteiger partial charge in [0.2, 0.25) is 5.91 Å². The van der Waals surface area contributed by atoms with Crippen LogP contribution >= 0.6 is 0 Å². The summed E-state index contributed by atoms with van der Waals surface area (Å²) in [5.41, 5.74) is 7.83. The number of benzene rings is 3. The zero-order chi connectivity index (χ0) is 26.9. The Bertz CT molecular complexity index is 1340. The van der Waals surface area contributed by atoms with Gasteiger partial charge in [-0.25, -0.2) is 14.4 Å². The fourth-order valence-corrected chi connectivity index (χ4v) is 3.48. The summed E-state index contributed by atoms with van der Waals surface area (Å²) < 4.78 is 14.9. The summed E-state index contributed by atoms with van der Waals surface area (Å²) in [7, 11) is 1.19. The highest BCUT2D eigenvalue weighted by Gasteiger charge is 2.21. The molecule has 0 unspecified atom stereocenters. The molecule has 0 aromatic heterocycles. The number of hydrogen-bond acceptors (Lipinski definition) is 9. The minimum Gasteiger partial charge on any atom is -0.465 e. The van der Waals surface area contributed by atoms with Crippen molar-refractivity contribution in [1.29, 1.82) is 0 Å². The molecule has 0 spiro atoms. The van der Waals surface area contributed by atoms with Crippen molar-refractivity contribution in [2.75, 3.05) is 31.0 Å². The molecule has 0 radical (unpaired) electrons. The topological polar surface area (TPSA) is 146 Å². The van der Waals surface area contributed by atoms with Gasteiger partial charge in [-0.2, -0.15) is 0 Å². The smallest absolute Gasteiger partial charge is 0.338 e. The number of ether oxygens (including phenoxy) is 3. The molecule has 3 aromatic carbocycles. The number of rotatable bonds is 10. The van der Waals surface area contributed by atoms with Crippen molar-refractivity contribution in [3.05, 3.63) is 82.9 Å². The van der Waals surface area contributed by atoms with Crippen molar-refractivity contribution < 1.29 is 33.4 Å². The summed E-state index contributed by atoms with van der Waals surface area (Å²) in [5, 5.41) is 6.30. The molecule has 0 bridgehead atoms. The molecule has 0 aliphatic carbocycles. The molecule has 0 fully saturated rings. The fourth-order valence-electron chi connectivity index (χ4n) is 3.48. The Kier molecular flexibility index (Phi) is 8.82. The number of anilines is 4. The van der Waals surface area contributed by atoms with E-state index in [9.17, 15) is 19.2 Å². The number of hydrogen-bond donors (Lipinski definition) is 3. The summed E-state index contributed by atoms with van der Waals surface area (Å²) in [6.45, 7) is 3.88. The molecular formula is C27H27N3O7. The largest absolute Gasteiger partial charge is 0.465 e. The predicted octanol–water partition coefficient (Wildman–Crippen LogP) is 4.41. The summed E-state index contributed by atoms with van der Waals surface area (Å²) >= 11 is 0. The van der Waals surface area contributed by atoms with E-state index in [0.29, 0.717) is 33.9 Å². The second-order valence-electron chi connectivity index (χ2n) is 7.65. The van der Waals surface area contributed by atoms with E-state index in [2.05, 4.69) is 10.6 Å². The minimum atomic E-state index is -0.834. The Balaban J connectivity index is 2.08. The lowest BCUT2D eigenvalue weighted by Gasteiger charge is -2.18. The van der Waals surface area contributed by atoms with E-state index in [0.717, 1.165) is 0 Å². The lowest BCUT2D eigenvalue weighted by atomic mass is 10.0. The molecule has 3 rings (SSSR count). The molecule has 0 saturated heterocycles. The number of nitrogens with one attached hydrogen (secondary N) is 2. The summed E-state index contributed by atoms with van der Waals surface area (Å²) in [5.74, 6) is -2.56. The maximum Gasteiger partial charge on any atom is 0.338 e. The van der Waals surface area contributed by atoms with Crippen molar-refractivity contribution in [3.63, 3.8) is 0 Å². The Morgan fingerprint density at radius 3 is 1.57 bits per heavy atom. The summed E-state index contributed by atoms with van der Waals surface area (Å²) in [6, 6.07) is 16.0. The third-order valence-corrected chi connectivity index (χ3v) is 5.13. The lowest BCUT2D eigenvalue weighted by molar-refractivity contribution is 0.0517. The predicted molar refractivity (Wildman–Crippen MR) is 138 cm³/mol.